The van der Waals surface area contributed by atoms with Crippen LogP contribution in [0.15, 0.2) is 24.3 Å². The summed E-state index contributed by atoms with van der Waals surface area (Å²) in [4.78, 5) is 2.49. The number of nitrogens with zero attached hydrogens (tertiary/aromatic N) is 1. The zero-order chi connectivity index (χ0) is 12.3. The first-order chi connectivity index (χ1) is 8.24. The molecule has 1 N–H and O–H groups in total. The molecule has 2 heteroatoms. The molecule has 1 aliphatic rings. The van der Waals surface area contributed by atoms with Gasteiger partial charge in [0.15, 0.2) is 0 Å². The van der Waals surface area contributed by atoms with Crippen LogP contribution in [0.3, 0.4) is 0 Å². The largest absolute Gasteiger partial charge is 0.389 e. The van der Waals surface area contributed by atoms with Gasteiger partial charge in [0.2, 0.25) is 0 Å². The summed E-state index contributed by atoms with van der Waals surface area (Å²) in [6.07, 6.45) is 4.68. The highest BCUT2D eigenvalue weighted by atomic mass is 16.3. The molecule has 0 bridgehead atoms. The fraction of sp³-hybridized carbons (Fsp3) is 0.600. The average Bonchev–Trinajstić information content (AvgIpc) is 3.14. The van der Waals surface area contributed by atoms with E-state index in [9.17, 15) is 5.11 Å². The number of benzene rings is 1. The molecule has 0 aliphatic heterocycles. The molecule has 17 heavy (non-hydrogen) atoms. The number of para-hydroxylation sites is 1. The first kappa shape index (κ1) is 12.4. The molecule has 0 aromatic heterocycles. The van der Waals surface area contributed by atoms with E-state index in [-0.39, 0.29) is 6.10 Å². The number of aliphatic hydroxyl groups is 1. The van der Waals surface area contributed by atoms with Gasteiger partial charge < -0.3 is 10.0 Å². The van der Waals surface area contributed by atoms with E-state index in [0.29, 0.717) is 6.04 Å². The maximum atomic E-state index is 9.85. The smallest absolute Gasteiger partial charge is 0.0781 e. The quantitative estimate of drug-likeness (QED) is 0.812. The lowest BCUT2D eigenvalue weighted by molar-refractivity contribution is 0.199. The van der Waals surface area contributed by atoms with Gasteiger partial charge in [0.05, 0.1) is 6.10 Å². The van der Waals surface area contributed by atoms with Crippen LogP contribution in [0.1, 0.15) is 51.2 Å². The molecule has 0 heterocycles. The summed E-state index contributed by atoms with van der Waals surface area (Å²) >= 11 is 0. The molecule has 1 aromatic carbocycles. The first-order valence-corrected chi connectivity index (χ1v) is 6.77. The van der Waals surface area contributed by atoms with Crippen molar-refractivity contribution < 1.29 is 5.11 Å². The molecule has 1 aliphatic carbocycles. The van der Waals surface area contributed by atoms with Gasteiger partial charge in [0, 0.05) is 23.8 Å². The van der Waals surface area contributed by atoms with Gasteiger partial charge in [-0.1, -0.05) is 31.5 Å². The molecule has 1 atom stereocenters. The van der Waals surface area contributed by atoms with Gasteiger partial charge >= 0.3 is 0 Å². The summed E-state index contributed by atoms with van der Waals surface area (Å²) in [6.45, 7) is 5.19. The number of hydrogen-bond acceptors (Lipinski definition) is 2. The minimum atomic E-state index is -0.380. The van der Waals surface area contributed by atoms with Crippen LogP contribution in [0, 0.1) is 0 Å². The summed E-state index contributed by atoms with van der Waals surface area (Å²) < 4.78 is 0. The molecule has 0 radical (unpaired) electrons. The first-order valence-electron chi connectivity index (χ1n) is 6.77. The molecule has 2 rings (SSSR count). The number of aliphatic hydroxyl groups excluding tert-OH is 1. The minimum Gasteiger partial charge on any atom is -0.389 e. The lowest BCUT2D eigenvalue weighted by Gasteiger charge is -2.28. The van der Waals surface area contributed by atoms with Gasteiger partial charge in [-0.05, 0) is 32.3 Å². The second kappa shape index (κ2) is 5.54. The Labute approximate surface area is 104 Å². The molecule has 0 spiro atoms. The zero-order valence-electron chi connectivity index (χ0n) is 10.9. The van der Waals surface area contributed by atoms with E-state index in [1.165, 1.54) is 31.4 Å². The fourth-order valence-corrected chi connectivity index (χ4v) is 2.32. The number of unbranched alkanes of at least 4 members (excludes halogenated alkanes) is 1. The van der Waals surface area contributed by atoms with Gasteiger partial charge in [-0.15, -0.1) is 0 Å². The van der Waals surface area contributed by atoms with Crippen molar-refractivity contribution in [2.45, 2.75) is 51.7 Å². The van der Waals surface area contributed by atoms with Gasteiger partial charge in [-0.25, -0.2) is 0 Å². The predicted molar refractivity (Wildman–Crippen MR) is 72.4 cm³/mol. The molecule has 2 nitrogen and oxygen atoms in total. The van der Waals surface area contributed by atoms with Crippen LogP contribution < -0.4 is 4.90 Å². The fourth-order valence-electron chi connectivity index (χ4n) is 2.32. The lowest BCUT2D eigenvalue weighted by Crippen LogP contribution is -2.28. The van der Waals surface area contributed by atoms with Crippen molar-refractivity contribution in [2.75, 3.05) is 11.4 Å². The standard InChI is InChI=1S/C15H23NO/c1-3-4-11-16(13-9-10-13)15-8-6-5-7-14(15)12(2)17/h5-8,12-13,17H,3-4,9-11H2,1-2H3. The van der Waals surface area contributed by atoms with Gasteiger partial charge in [0.1, 0.15) is 0 Å². The van der Waals surface area contributed by atoms with Gasteiger partial charge in [0.25, 0.3) is 0 Å². The van der Waals surface area contributed by atoms with Crippen molar-refractivity contribution in [1.29, 1.82) is 0 Å². The Morgan fingerprint density at radius 2 is 2.06 bits per heavy atom. The minimum absolute atomic E-state index is 0.380. The van der Waals surface area contributed by atoms with Crippen LogP contribution in [0.4, 0.5) is 5.69 Å². The highest BCUT2D eigenvalue weighted by molar-refractivity contribution is 5.56. The SMILES string of the molecule is CCCCN(c1ccccc1C(C)O)C1CC1. The maximum Gasteiger partial charge on any atom is 0.0781 e. The second-order valence-corrected chi connectivity index (χ2v) is 5.01. The van der Waals surface area contributed by atoms with E-state index in [0.717, 1.165) is 12.1 Å². The van der Waals surface area contributed by atoms with Crippen LogP contribution in [0.5, 0.6) is 0 Å². The van der Waals surface area contributed by atoms with Crippen LogP contribution in [0.25, 0.3) is 0 Å². The molecule has 1 fully saturated rings. The van der Waals surface area contributed by atoms with Gasteiger partial charge in [-0.2, -0.15) is 0 Å². The number of anilines is 1. The number of hydrogen-bond donors (Lipinski definition) is 1. The summed E-state index contributed by atoms with van der Waals surface area (Å²) in [5, 5.41) is 9.85. The van der Waals surface area contributed by atoms with Crippen LogP contribution in [0.2, 0.25) is 0 Å². The number of rotatable bonds is 6. The summed E-state index contributed by atoms with van der Waals surface area (Å²) in [7, 11) is 0. The third-order valence-corrected chi connectivity index (χ3v) is 3.44. The van der Waals surface area contributed by atoms with E-state index >= 15 is 0 Å². The highest BCUT2D eigenvalue weighted by Crippen LogP contribution is 2.35. The maximum absolute atomic E-state index is 9.85. The summed E-state index contributed by atoms with van der Waals surface area (Å²) in [6, 6.07) is 8.98. The Kier molecular flexibility index (Phi) is 4.06. The molecule has 1 aromatic rings. The van der Waals surface area contributed by atoms with Crippen molar-refractivity contribution in [3.63, 3.8) is 0 Å². The zero-order valence-corrected chi connectivity index (χ0v) is 10.9. The predicted octanol–water partition coefficient (Wildman–Crippen LogP) is 3.51. The Morgan fingerprint density at radius 3 is 2.65 bits per heavy atom. The molecular formula is C15H23NO. The normalized spacial score (nSPS) is 16.9. The lowest BCUT2D eigenvalue weighted by atomic mass is 10.1. The second-order valence-electron chi connectivity index (χ2n) is 5.01. The molecule has 0 amide bonds. The molecular weight excluding hydrogens is 210 g/mol. The molecule has 1 unspecified atom stereocenters. The summed E-state index contributed by atoms with van der Waals surface area (Å²) in [5.41, 5.74) is 2.30. The topological polar surface area (TPSA) is 23.5 Å². The van der Waals surface area contributed by atoms with E-state index in [1.807, 2.05) is 19.1 Å². The van der Waals surface area contributed by atoms with E-state index in [4.69, 9.17) is 0 Å². The van der Waals surface area contributed by atoms with Crippen LogP contribution in [-0.2, 0) is 0 Å². The third kappa shape index (κ3) is 3.01. The molecule has 1 saturated carbocycles. The third-order valence-electron chi connectivity index (χ3n) is 3.44. The average molecular weight is 233 g/mol. The summed E-state index contributed by atoms with van der Waals surface area (Å²) in [5.74, 6) is 0. The van der Waals surface area contributed by atoms with E-state index < -0.39 is 0 Å². The van der Waals surface area contributed by atoms with Crippen molar-refractivity contribution in [3.05, 3.63) is 29.8 Å². The van der Waals surface area contributed by atoms with Crippen LogP contribution in [-0.4, -0.2) is 17.7 Å². The molecule has 0 saturated heterocycles. The van der Waals surface area contributed by atoms with Crippen molar-refractivity contribution in [3.8, 4) is 0 Å². The van der Waals surface area contributed by atoms with Crippen molar-refractivity contribution in [2.24, 2.45) is 0 Å². The Morgan fingerprint density at radius 1 is 1.35 bits per heavy atom. The van der Waals surface area contributed by atoms with E-state index in [2.05, 4.69) is 24.0 Å². The van der Waals surface area contributed by atoms with Crippen LogP contribution >= 0.6 is 0 Å². The monoisotopic (exact) mass is 233 g/mol. The molecule has 94 valence electrons. The van der Waals surface area contributed by atoms with E-state index in [1.54, 1.807) is 0 Å². The highest BCUT2D eigenvalue weighted by Gasteiger charge is 2.30. The Balaban J connectivity index is 2.22. The van der Waals surface area contributed by atoms with Crippen molar-refractivity contribution in [1.82, 2.24) is 0 Å². The Bertz CT molecular complexity index is 358. The van der Waals surface area contributed by atoms with Gasteiger partial charge in [-0.3, -0.25) is 0 Å². The Hall–Kier alpha value is -1.02. The van der Waals surface area contributed by atoms with Crippen molar-refractivity contribution >= 4 is 5.69 Å².